The number of quaternary nitrogens is 1. The van der Waals surface area contributed by atoms with Gasteiger partial charge in [0.2, 0.25) is 0 Å². The number of ketones is 1. The molecule has 1 aliphatic carbocycles. The van der Waals surface area contributed by atoms with Gasteiger partial charge in [0.15, 0.2) is 0 Å². The summed E-state index contributed by atoms with van der Waals surface area (Å²) < 4.78 is 0. The van der Waals surface area contributed by atoms with Crippen molar-refractivity contribution in [1.29, 1.82) is 0 Å². The molecule has 1 aromatic carbocycles. The smallest absolute Gasteiger partial charge is 0.141 e. The molecule has 0 saturated heterocycles. The SMILES string of the molecule is CC1CCCCC1C(=O)CC[NH2+]C(C)C(O)c1ccccc1.[Cl-]. The van der Waals surface area contributed by atoms with E-state index in [0.29, 0.717) is 18.1 Å². The first-order valence-corrected chi connectivity index (χ1v) is 8.68. The maximum absolute atomic E-state index is 12.3. The molecule has 0 radical (unpaired) electrons. The summed E-state index contributed by atoms with van der Waals surface area (Å²) in [5.74, 6) is 1.25. The number of aliphatic hydroxyl groups is 1. The second-order valence-electron chi connectivity index (χ2n) is 6.82. The molecule has 0 spiro atoms. The molecule has 4 heteroatoms. The van der Waals surface area contributed by atoms with Crippen LogP contribution in [0, 0.1) is 11.8 Å². The van der Waals surface area contributed by atoms with Crippen LogP contribution in [0.1, 0.15) is 57.6 Å². The summed E-state index contributed by atoms with van der Waals surface area (Å²) in [5.41, 5.74) is 0.943. The molecule has 3 N–H and O–H groups in total. The number of carbonyl (C=O) groups excluding carboxylic acids is 1. The fourth-order valence-corrected chi connectivity index (χ4v) is 3.55. The fraction of sp³-hybridized carbons (Fsp3) is 0.632. The Morgan fingerprint density at radius 1 is 1.26 bits per heavy atom. The molecule has 0 bridgehead atoms. The van der Waals surface area contributed by atoms with E-state index in [1.54, 1.807) is 0 Å². The van der Waals surface area contributed by atoms with Gasteiger partial charge < -0.3 is 22.8 Å². The van der Waals surface area contributed by atoms with Crippen LogP contribution in [0.4, 0.5) is 0 Å². The Balaban J connectivity index is 0.00000264. The van der Waals surface area contributed by atoms with Crippen LogP contribution in [0.2, 0.25) is 0 Å². The average molecular weight is 340 g/mol. The highest BCUT2D eigenvalue weighted by Gasteiger charge is 2.28. The molecule has 1 aromatic rings. The molecule has 23 heavy (non-hydrogen) atoms. The molecule has 2 rings (SSSR count). The minimum absolute atomic E-state index is 0. The van der Waals surface area contributed by atoms with E-state index in [4.69, 9.17) is 0 Å². The third-order valence-corrected chi connectivity index (χ3v) is 5.09. The van der Waals surface area contributed by atoms with E-state index in [1.165, 1.54) is 19.3 Å². The highest BCUT2D eigenvalue weighted by Crippen LogP contribution is 2.30. The van der Waals surface area contributed by atoms with Crippen LogP contribution in [0.5, 0.6) is 0 Å². The van der Waals surface area contributed by atoms with Crippen molar-refractivity contribution in [2.45, 2.75) is 58.1 Å². The van der Waals surface area contributed by atoms with Gasteiger partial charge in [-0.1, -0.05) is 56.5 Å². The summed E-state index contributed by atoms with van der Waals surface area (Å²) in [6.07, 6.45) is 4.89. The quantitative estimate of drug-likeness (QED) is 0.701. The number of aliphatic hydroxyl groups excluding tert-OH is 1. The Bertz CT molecular complexity index is 466. The molecular formula is C19H30ClNO2. The largest absolute Gasteiger partial charge is 1.00 e. The maximum Gasteiger partial charge on any atom is 0.141 e. The fourth-order valence-electron chi connectivity index (χ4n) is 3.55. The topological polar surface area (TPSA) is 53.9 Å². The van der Waals surface area contributed by atoms with Gasteiger partial charge in [-0.05, 0) is 24.8 Å². The molecule has 0 heterocycles. The molecule has 0 amide bonds. The van der Waals surface area contributed by atoms with E-state index in [-0.39, 0.29) is 24.4 Å². The Labute approximate surface area is 146 Å². The number of rotatable bonds is 7. The van der Waals surface area contributed by atoms with Crippen LogP contribution in [0.3, 0.4) is 0 Å². The summed E-state index contributed by atoms with van der Waals surface area (Å²) in [4.78, 5) is 12.3. The zero-order chi connectivity index (χ0) is 15.9. The zero-order valence-corrected chi connectivity index (χ0v) is 15.0. The van der Waals surface area contributed by atoms with Crippen molar-refractivity contribution in [2.24, 2.45) is 11.8 Å². The van der Waals surface area contributed by atoms with Gasteiger partial charge in [0.05, 0.1) is 13.0 Å². The highest BCUT2D eigenvalue weighted by atomic mass is 35.5. The first-order valence-electron chi connectivity index (χ1n) is 8.68. The summed E-state index contributed by atoms with van der Waals surface area (Å²) in [6, 6.07) is 9.81. The average Bonchev–Trinajstić information content (AvgIpc) is 2.55. The highest BCUT2D eigenvalue weighted by molar-refractivity contribution is 5.81. The Morgan fingerprint density at radius 3 is 2.57 bits per heavy atom. The van der Waals surface area contributed by atoms with E-state index < -0.39 is 6.10 Å². The van der Waals surface area contributed by atoms with Crippen LogP contribution in [-0.4, -0.2) is 23.5 Å². The number of halogens is 1. The van der Waals surface area contributed by atoms with E-state index in [0.717, 1.165) is 18.5 Å². The van der Waals surface area contributed by atoms with Gasteiger partial charge in [0.25, 0.3) is 0 Å². The standard InChI is InChI=1S/C19H29NO2.ClH/c1-14-8-6-7-11-17(14)18(21)12-13-20-15(2)19(22)16-9-4-3-5-10-16;/h3-5,9-10,14-15,17,19-20,22H,6-8,11-13H2,1-2H3;1H. The van der Waals surface area contributed by atoms with Gasteiger partial charge >= 0.3 is 0 Å². The molecular weight excluding hydrogens is 310 g/mol. The number of hydrogen-bond donors (Lipinski definition) is 2. The first kappa shape index (κ1) is 20.1. The van der Waals surface area contributed by atoms with E-state index in [2.05, 4.69) is 12.2 Å². The van der Waals surface area contributed by atoms with Gasteiger partial charge in [-0.3, -0.25) is 4.79 Å². The van der Waals surface area contributed by atoms with Crippen molar-refractivity contribution < 1.29 is 27.6 Å². The molecule has 130 valence electrons. The summed E-state index contributed by atoms with van der Waals surface area (Å²) in [6.45, 7) is 5.01. The number of benzene rings is 1. The van der Waals surface area contributed by atoms with Crippen LogP contribution in [0.25, 0.3) is 0 Å². The lowest BCUT2D eigenvalue weighted by Gasteiger charge is -2.27. The monoisotopic (exact) mass is 339 g/mol. The predicted octanol–water partition coefficient (Wildman–Crippen LogP) is -0.539. The van der Waals surface area contributed by atoms with Gasteiger partial charge in [0.1, 0.15) is 17.9 Å². The summed E-state index contributed by atoms with van der Waals surface area (Å²) in [5, 5.41) is 12.4. The van der Waals surface area contributed by atoms with Crippen LogP contribution >= 0.6 is 0 Å². The molecule has 1 saturated carbocycles. The van der Waals surface area contributed by atoms with Crippen molar-refractivity contribution in [1.82, 2.24) is 0 Å². The Morgan fingerprint density at radius 2 is 1.91 bits per heavy atom. The molecule has 4 unspecified atom stereocenters. The van der Waals surface area contributed by atoms with Crippen molar-refractivity contribution in [3.63, 3.8) is 0 Å². The second kappa shape index (κ2) is 10.1. The number of Topliss-reactive ketones (excluding diaryl/α,β-unsaturated/α-hetero) is 1. The second-order valence-corrected chi connectivity index (χ2v) is 6.82. The lowest BCUT2D eigenvalue weighted by molar-refractivity contribution is -0.693. The van der Waals surface area contributed by atoms with E-state index in [1.807, 2.05) is 37.3 Å². The van der Waals surface area contributed by atoms with Crippen molar-refractivity contribution >= 4 is 5.78 Å². The van der Waals surface area contributed by atoms with Crippen LogP contribution < -0.4 is 17.7 Å². The molecule has 3 nitrogen and oxygen atoms in total. The van der Waals surface area contributed by atoms with E-state index in [9.17, 15) is 9.90 Å². The van der Waals surface area contributed by atoms with Gasteiger partial charge in [0, 0.05) is 5.92 Å². The number of carbonyl (C=O) groups is 1. The van der Waals surface area contributed by atoms with Crippen molar-refractivity contribution in [3.8, 4) is 0 Å². The Hall–Kier alpha value is -0.900. The molecule has 1 aliphatic rings. The maximum atomic E-state index is 12.3. The minimum atomic E-state index is -0.482. The Kier molecular flexibility index (Phi) is 8.82. The summed E-state index contributed by atoms with van der Waals surface area (Å²) >= 11 is 0. The minimum Gasteiger partial charge on any atom is -1.00 e. The summed E-state index contributed by atoms with van der Waals surface area (Å²) in [7, 11) is 0. The lowest BCUT2D eigenvalue weighted by Crippen LogP contribution is -3.00. The van der Waals surface area contributed by atoms with E-state index >= 15 is 0 Å². The normalized spacial score (nSPS) is 23.6. The lowest BCUT2D eigenvalue weighted by atomic mass is 9.77. The number of hydrogen-bond acceptors (Lipinski definition) is 2. The molecule has 0 aromatic heterocycles. The molecule has 0 aliphatic heterocycles. The van der Waals surface area contributed by atoms with Crippen LogP contribution in [0.15, 0.2) is 30.3 Å². The number of nitrogens with two attached hydrogens (primary N) is 1. The third kappa shape index (κ3) is 5.91. The molecule has 1 fully saturated rings. The van der Waals surface area contributed by atoms with Crippen molar-refractivity contribution in [2.75, 3.05) is 6.54 Å². The van der Waals surface area contributed by atoms with Gasteiger partial charge in [-0.15, -0.1) is 0 Å². The van der Waals surface area contributed by atoms with Gasteiger partial charge in [-0.25, -0.2) is 0 Å². The van der Waals surface area contributed by atoms with Gasteiger partial charge in [-0.2, -0.15) is 0 Å². The van der Waals surface area contributed by atoms with Crippen molar-refractivity contribution in [3.05, 3.63) is 35.9 Å². The predicted molar refractivity (Wildman–Crippen MR) is 88.4 cm³/mol. The first-order chi connectivity index (χ1) is 10.6. The zero-order valence-electron chi connectivity index (χ0n) is 14.2. The molecule has 4 atom stereocenters. The van der Waals surface area contributed by atoms with Crippen LogP contribution in [-0.2, 0) is 4.79 Å². The third-order valence-electron chi connectivity index (χ3n) is 5.09.